The third kappa shape index (κ3) is 3.68. The number of ether oxygens (including phenoxy) is 1. The highest BCUT2D eigenvalue weighted by molar-refractivity contribution is 7.09. The van der Waals surface area contributed by atoms with Crippen LogP contribution in [0.3, 0.4) is 0 Å². The Morgan fingerprint density at radius 1 is 1.39 bits per heavy atom. The normalized spacial score (nSPS) is 16.8. The maximum Gasteiger partial charge on any atom is 0.528 e. The van der Waals surface area contributed by atoms with Crippen LogP contribution in [-0.4, -0.2) is 34.9 Å². The van der Waals surface area contributed by atoms with E-state index in [1.54, 1.807) is 16.4 Å². The lowest BCUT2D eigenvalue weighted by Gasteiger charge is -2.23. The molecule has 1 aromatic rings. The van der Waals surface area contributed by atoms with E-state index in [-0.39, 0.29) is 0 Å². The fourth-order valence-electron chi connectivity index (χ4n) is 1.73. The molecule has 5 nitrogen and oxygen atoms in total. The van der Waals surface area contributed by atoms with Gasteiger partial charge in [0, 0.05) is 24.4 Å². The average molecular weight is 270 g/mol. The number of aromatic nitrogens is 1. The van der Waals surface area contributed by atoms with Gasteiger partial charge in [-0.05, 0) is 27.2 Å². The molecule has 0 fully saturated rings. The molecule has 0 bridgehead atoms. The topological polar surface area (TPSA) is 51.7 Å². The van der Waals surface area contributed by atoms with Crippen molar-refractivity contribution >= 4 is 17.5 Å². The van der Waals surface area contributed by atoms with Gasteiger partial charge in [0.05, 0.1) is 11.2 Å². The first-order valence-electron chi connectivity index (χ1n) is 6.01. The Kier molecular flexibility index (Phi) is 3.87. The lowest BCUT2D eigenvalue weighted by atomic mass is 10.2. The van der Waals surface area contributed by atoms with E-state index in [9.17, 15) is 4.79 Å². The van der Waals surface area contributed by atoms with Crippen LogP contribution in [0.4, 0.5) is 4.79 Å². The predicted molar refractivity (Wildman–Crippen MR) is 68.4 cm³/mol. The smallest absolute Gasteiger partial charge is 0.427 e. The summed E-state index contributed by atoms with van der Waals surface area (Å²) in [4.78, 5) is 22.3. The minimum Gasteiger partial charge on any atom is -0.427 e. The minimum absolute atomic E-state index is 0.525. The van der Waals surface area contributed by atoms with Gasteiger partial charge in [0.1, 0.15) is 5.60 Å². The fraction of sp³-hybridized carbons (Fsp3) is 0.667. The van der Waals surface area contributed by atoms with Gasteiger partial charge < -0.3 is 9.57 Å². The summed E-state index contributed by atoms with van der Waals surface area (Å²) in [6, 6.07) is 0. The molecule has 1 aliphatic heterocycles. The first kappa shape index (κ1) is 13.3. The summed E-state index contributed by atoms with van der Waals surface area (Å²) in [6.07, 6.45) is 1.03. The lowest BCUT2D eigenvalue weighted by molar-refractivity contribution is -0.140. The second kappa shape index (κ2) is 5.24. The van der Waals surface area contributed by atoms with Crippen LogP contribution < -0.4 is 0 Å². The molecule has 0 aliphatic carbocycles. The molecule has 18 heavy (non-hydrogen) atoms. The molecule has 2 heterocycles. The number of carbonyl (C=O) groups excluding carboxylic acids is 1. The van der Waals surface area contributed by atoms with Gasteiger partial charge in [-0.3, -0.25) is 0 Å². The van der Waals surface area contributed by atoms with Crippen LogP contribution in [0, 0.1) is 0 Å². The SMILES string of the molecule is CC(C)(C)OC(=O)ON1CCc2ncsc2CC1. The highest BCUT2D eigenvalue weighted by atomic mass is 32.1. The van der Waals surface area contributed by atoms with Crippen molar-refractivity contribution in [3.8, 4) is 0 Å². The van der Waals surface area contributed by atoms with Crippen molar-refractivity contribution in [3.63, 3.8) is 0 Å². The Morgan fingerprint density at radius 2 is 2.11 bits per heavy atom. The van der Waals surface area contributed by atoms with Gasteiger partial charge in [-0.25, -0.2) is 9.78 Å². The number of hydrogen-bond donors (Lipinski definition) is 0. The van der Waals surface area contributed by atoms with Crippen molar-refractivity contribution in [1.82, 2.24) is 10.0 Å². The first-order chi connectivity index (χ1) is 8.44. The first-order valence-corrected chi connectivity index (χ1v) is 6.89. The number of fused-ring (bicyclic) bond motifs is 1. The third-order valence-electron chi connectivity index (χ3n) is 2.50. The van der Waals surface area contributed by atoms with Gasteiger partial charge in [0.25, 0.3) is 0 Å². The Labute approximate surface area is 111 Å². The summed E-state index contributed by atoms with van der Waals surface area (Å²) in [5.41, 5.74) is 2.47. The number of carbonyl (C=O) groups is 1. The number of thiazole rings is 1. The zero-order valence-corrected chi connectivity index (χ0v) is 11.7. The molecule has 0 unspecified atom stereocenters. The molecule has 6 heteroatoms. The Hall–Kier alpha value is -1.14. The van der Waals surface area contributed by atoms with E-state index < -0.39 is 11.8 Å². The third-order valence-corrected chi connectivity index (χ3v) is 3.44. The Bertz CT molecular complexity index is 403. The molecule has 0 radical (unpaired) electrons. The van der Waals surface area contributed by atoms with Gasteiger partial charge >= 0.3 is 6.16 Å². The summed E-state index contributed by atoms with van der Waals surface area (Å²) in [5, 5.41) is 1.66. The highest BCUT2D eigenvalue weighted by Gasteiger charge is 2.23. The molecule has 0 saturated heterocycles. The lowest BCUT2D eigenvalue weighted by Crippen LogP contribution is -2.33. The van der Waals surface area contributed by atoms with Crippen LogP contribution in [0.1, 0.15) is 31.3 Å². The molecule has 0 amide bonds. The van der Waals surface area contributed by atoms with Crippen LogP contribution in [0.15, 0.2) is 5.51 Å². The van der Waals surface area contributed by atoms with Crippen LogP contribution >= 0.6 is 11.3 Å². The van der Waals surface area contributed by atoms with E-state index in [1.165, 1.54) is 4.88 Å². The molecular weight excluding hydrogens is 252 g/mol. The van der Waals surface area contributed by atoms with E-state index in [1.807, 2.05) is 26.3 Å². The van der Waals surface area contributed by atoms with Gasteiger partial charge in [-0.15, -0.1) is 16.4 Å². The maximum absolute atomic E-state index is 11.6. The summed E-state index contributed by atoms with van der Waals surface area (Å²) in [7, 11) is 0. The number of hydroxylamine groups is 2. The summed E-state index contributed by atoms with van der Waals surface area (Å²) in [5.74, 6) is 0. The van der Waals surface area contributed by atoms with E-state index in [4.69, 9.17) is 9.57 Å². The van der Waals surface area contributed by atoms with E-state index >= 15 is 0 Å². The number of hydrogen-bond acceptors (Lipinski definition) is 6. The Balaban J connectivity index is 1.85. The summed E-state index contributed by atoms with van der Waals surface area (Å²) >= 11 is 1.66. The van der Waals surface area contributed by atoms with Crippen molar-refractivity contribution in [1.29, 1.82) is 0 Å². The number of rotatable bonds is 1. The van der Waals surface area contributed by atoms with Crippen molar-refractivity contribution in [2.24, 2.45) is 0 Å². The maximum atomic E-state index is 11.6. The van der Waals surface area contributed by atoms with E-state index in [0.29, 0.717) is 13.1 Å². The van der Waals surface area contributed by atoms with E-state index in [0.717, 1.165) is 18.5 Å². The van der Waals surface area contributed by atoms with Crippen molar-refractivity contribution < 1.29 is 14.4 Å². The van der Waals surface area contributed by atoms with Crippen molar-refractivity contribution in [2.75, 3.05) is 13.1 Å². The molecule has 0 aromatic carbocycles. The van der Waals surface area contributed by atoms with Crippen molar-refractivity contribution in [3.05, 3.63) is 16.1 Å². The summed E-state index contributed by atoms with van der Waals surface area (Å²) < 4.78 is 5.12. The fourth-order valence-corrected chi connectivity index (χ4v) is 2.54. The zero-order chi connectivity index (χ0) is 13.2. The monoisotopic (exact) mass is 270 g/mol. The molecule has 100 valence electrons. The zero-order valence-electron chi connectivity index (χ0n) is 10.9. The number of nitrogens with zero attached hydrogens (tertiary/aromatic N) is 2. The molecule has 1 aromatic heterocycles. The molecule has 0 atom stereocenters. The van der Waals surface area contributed by atoms with Crippen LogP contribution in [0.5, 0.6) is 0 Å². The minimum atomic E-state index is -0.638. The molecule has 2 rings (SSSR count). The quantitative estimate of drug-likeness (QED) is 0.733. The molecule has 0 spiro atoms. The van der Waals surface area contributed by atoms with Gasteiger partial charge in [-0.2, -0.15) is 0 Å². The van der Waals surface area contributed by atoms with E-state index in [2.05, 4.69) is 4.98 Å². The predicted octanol–water partition coefficient (Wildman–Crippen LogP) is 2.41. The molecule has 0 N–H and O–H groups in total. The molecule has 1 aliphatic rings. The summed E-state index contributed by atoms with van der Waals surface area (Å²) in [6.45, 7) is 6.80. The van der Waals surface area contributed by atoms with Gasteiger partial charge in [0.2, 0.25) is 0 Å². The Morgan fingerprint density at radius 3 is 2.83 bits per heavy atom. The van der Waals surface area contributed by atoms with Crippen LogP contribution in [-0.2, 0) is 22.4 Å². The van der Waals surface area contributed by atoms with Gasteiger partial charge in [0.15, 0.2) is 0 Å². The average Bonchev–Trinajstić information content (AvgIpc) is 2.59. The molecule has 0 saturated carbocycles. The highest BCUT2D eigenvalue weighted by Crippen LogP contribution is 2.19. The van der Waals surface area contributed by atoms with Crippen LogP contribution in [0.2, 0.25) is 0 Å². The second-order valence-corrected chi connectivity index (χ2v) is 6.15. The van der Waals surface area contributed by atoms with Gasteiger partial charge in [-0.1, -0.05) is 0 Å². The van der Waals surface area contributed by atoms with Crippen LogP contribution in [0.25, 0.3) is 0 Å². The van der Waals surface area contributed by atoms with Crippen molar-refractivity contribution in [2.45, 2.75) is 39.2 Å². The largest absolute Gasteiger partial charge is 0.528 e. The molecular formula is C12H18N2O3S. The standard InChI is InChI=1S/C12H18N2O3S/c1-12(2,3)16-11(15)17-14-6-4-9-10(5-7-14)18-8-13-9/h8H,4-7H2,1-3H3. The second-order valence-electron chi connectivity index (χ2n) is 5.21.